The van der Waals surface area contributed by atoms with Crippen molar-refractivity contribution >= 4 is 5.71 Å². The van der Waals surface area contributed by atoms with Crippen LogP contribution in [0.5, 0.6) is 5.75 Å². The second-order valence-corrected chi connectivity index (χ2v) is 8.62. The van der Waals surface area contributed by atoms with Crippen molar-refractivity contribution in [2.45, 2.75) is 45.1 Å². The standard InChI is InChI=1S/C24H27N5O3/c1-15-13-18(23(25-31-3)17-9-10-17)11-12-22(15)32-14-20-19(16-7-8-16)5-4-6-21(20)29-24(30)28(2)26-27-29/h4-6,11-13,16-17H,7-10,14H2,1-3H3. The van der Waals surface area contributed by atoms with Crippen LogP contribution in [0, 0.1) is 12.8 Å². The number of rotatable bonds is 8. The van der Waals surface area contributed by atoms with Crippen molar-refractivity contribution < 1.29 is 9.57 Å². The Morgan fingerprint density at radius 3 is 2.59 bits per heavy atom. The van der Waals surface area contributed by atoms with Crippen LogP contribution in [-0.4, -0.2) is 32.6 Å². The van der Waals surface area contributed by atoms with Gasteiger partial charge in [0.2, 0.25) is 0 Å². The lowest BCUT2D eigenvalue weighted by Crippen LogP contribution is -2.23. The summed E-state index contributed by atoms with van der Waals surface area (Å²) in [4.78, 5) is 17.6. The molecule has 0 aliphatic heterocycles. The zero-order valence-corrected chi connectivity index (χ0v) is 18.6. The largest absolute Gasteiger partial charge is 0.489 e. The summed E-state index contributed by atoms with van der Waals surface area (Å²) < 4.78 is 8.86. The maximum atomic E-state index is 12.5. The Kier molecular flexibility index (Phi) is 5.28. The maximum Gasteiger partial charge on any atom is 0.368 e. The molecule has 2 saturated carbocycles. The second-order valence-electron chi connectivity index (χ2n) is 8.62. The third kappa shape index (κ3) is 3.92. The van der Waals surface area contributed by atoms with Gasteiger partial charge in [0.05, 0.1) is 11.4 Å². The second kappa shape index (κ2) is 8.26. The Hall–Kier alpha value is -3.42. The highest BCUT2D eigenvalue weighted by Gasteiger charge is 2.30. The van der Waals surface area contributed by atoms with E-state index in [0.29, 0.717) is 18.4 Å². The number of nitrogens with zero attached hydrogens (tertiary/aromatic N) is 5. The molecule has 166 valence electrons. The summed E-state index contributed by atoms with van der Waals surface area (Å²) in [6.45, 7) is 2.39. The van der Waals surface area contributed by atoms with E-state index >= 15 is 0 Å². The van der Waals surface area contributed by atoms with Gasteiger partial charge in [-0.15, -0.1) is 0 Å². The van der Waals surface area contributed by atoms with E-state index in [9.17, 15) is 4.79 Å². The lowest BCUT2D eigenvalue weighted by molar-refractivity contribution is 0.212. The lowest BCUT2D eigenvalue weighted by atomic mass is 10.0. The summed E-state index contributed by atoms with van der Waals surface area (Å²) in [6.07, 6.45) is 4.62. The number of hydrogen-bond acceptors (Lipinski definition) is 6. The van der Waals surface area contributed by atoms with E-state index in [1.54, 1.807) is 14.2 Å². The van der Waals surface area contributed by atoms with Gasteiger partial charge >= 0.3 is 5.69 Å². The molecule has 2 aliphatic rings. The molecule has 8 nitrogen and oxygen atoms in total. The van der Waals surface area contributed by atoms with E-state index in [0.717, 1.165) is 59.5 Å². The van der Waals surface area contributed by atoms with Gasteiger partial charge in [-0.05, 0) is 84.3 Å². The highest BCUT2D eigenvalue weighted by atomic mass is 16.6. The molecule has 1 aromatic heterocycles. The molecule has 0 saturated heterocycles. The predicted molar refractivity (Wildman–Crippen MR) is 120 cm³/mol. The van der Waals surface area contributed by atoms with Gasteiger partial charge in [0.1, 0.15) is 19.5 Å². The minimum Gasteiger partial charge on any atom is -0.489 e. The summed E-state index contributed by atoms with van der Waals surface area (Å²) >= 11 is 0. The highest BCUT2D eigenvalue weighted by molar-refractivity contribution is 6.03. The first-order valence-electron chi connectivity index (χ1n) is 11.0. The van der Waals surface area contributed by atoms with E-state index in [1.807, 2.05) is 31.2 Å². The van der Waals surface area contributed by atoms with Crippen molar-refractivity contribution in [3.05, 3.63) is 69.1 Å². The molecule has 8 heteroatoms. The van der Waals surface area contributed by atoms with Crippen molar-refractivity contribution in [1.82, 2.24) is 19.8 Å². The number of tetrazole rings is 1. The number of hydrogen-bond donors (Lipinski definition) is 0. The van der Waals surface area contributed by atoms with Gasteiger partial charge in [-0.1, -0.05) is 17.3 Å². The third-order valence-electron chi connectivity index (χ3n) is 6.15. The molecule has 1 heterocycles. The Morgan fingerprint density at radius 2 is 1.97 bits per heavy atom. The van der Waals surface area contributed by atoms with Gasteiger partial charge in [-0.2, -0.15) is 9.36 Å². The predicted octanol–water partition coefficient (Wildman–Crippen LogP) is 3.49. The number of benzene rings is 2. The van der Waals surface area contributed by atoms with Crippen molar-refractivity contribution in [2.24, 2.45) is 18.1 Å². The van der Waals surface area contributed by atoms with Crippen LogP contribution in [-0.2, 0) is 18.5 Å². The Bertz CT molecular complexity index is 1230. The van der Waals surface area contributed by atoms with Crippen molar-refractivity contribution in [2.75, 3.05) is 7.11 Å². The van der Waals surface area contributed by atoms with E-state index < -0.39 is 0 Å². The molecule has 3 aromatic rings. The van der Waals surface area contributed by atoms with Crippen LogP contribution >= 0.6 is 0 Å². The fraction of sp³-hybridized carbons (Fsp3) is 0.417. The molecule has 32 heavy (non-hydrogen) atoms. The normalized spacial score (nSPS) is 16.3. The number of oxime groups is 1. The lowest BCUT2D eigenvalue weighted by Gasteiger charge is -2.16. The quantitative estimate of drug-likeness (QED) is 0.401. The van der Waals surface area contributed by atoms with Crippen LogP contribution in [0.25, 0.3) is 5.69 Å². The third-order valence-corrected chi connectivity index (χ3v) is 6.15. The van der Waals surface area contributed by atoms with E-state index in [2.05, 4.69) is 27.7 Å². The summed E-state index contributed by atoms with van der Waals surface area (Å²) in [5, 5.41) is 12.2. The van der Waals surface area contributed by atoms with E-state index in [4.69, 9.17) is 9.57 Å². The minimum atomic E-state index is -0.273. The van der Waals surface area contributed by atoms with Gasteiger partial charge in [-0.25, -0.2) is 4.79 Å². The molecule has 2 aromatic carbocycles. The number of aromatic nitrogens is 4. The molecule has 0 amide bonds. The number of ether oxygens (including phenoxy) is 1. The average Bonchev–Trinajstić information content (AvgIpc) is 3.71. The van der Waals surface area contributed by atoms with Gasteiger partial charge < -0.3 is 9.57 Å². The first-order chi connectivity index (χ1) is 15.6. The minimum absolute atomic E-state index is 0.273. The van der Waals surface area contributed by atoms with Crippen LogP contribution < -0.4 is 10.4 Å². The van der Waals surface area contributed by atoms with Crippen molar-refractivity contribution in [1.29, 1.82) is 0 Å². The zero-order valence-electron chi connectivity index (χ0n) is 18.6. The molecule has 5 rings (SSSR count). The summed E-state index contributed by atoms with van der Waals surface area (Å²) in [6, 6.07) is 12.1. The maximum absolute atomic E-state index is 12.5. The van der Waals surface area contributed by atoms with Crippen molar-refractivity contribution in [3.8, 4) is 11.4 Å². The van der Waals surface area contributed by atoms with Crippen LogP contribution in [0.1, 0.15) is 53.9 Å². The van der Waals surface area contributed by atoms with Crippen LogP contribution in [0.4, 0.5) is 0 Å². The summed E-state index contributed by atoms with van der Waals surface area (Å²) in [7, 11) is 3.19. The molecule has 0 unspecified atom stereocenters. The molecule has 0 N–H and O–H groups in total. The Balaban J connectivity index is 1.44. The monoisotopic (exact) mass is 433 g/mol. The Labute approximate surface area is 186 Å². The van der Waals surface area contributed by atoms with Crippen LogP contribution in [0.2, 0.25) is 0 Å². The molecule has 2 aliphatic carbocycles. The zero-order chi connectivity index (χ0) is 22.2. The van der Waals surface area contributed by atoms with Gasteiger partial charge in [0.15, 0.2) is 0 Å². The van der Waals surface area contributed by atoms with Crippen molar-refractivity contribution in [3.63, 3.8) is 0 Å². The van der Waals surface area contributed by atoms with E-state index in [-0.39, 0.29) is 5.69 Å². The van der Waals surface area contributed by atoms with Gasteiger partial charge in [-0.3, -0.25) is 0 Å². The molecular weight excluding hydrogens is 406 g/mol. The molecule has 2 fully saturated rings. The van der Waals surface area contributed by atoms with Crippen LogP contribution in [0.15, 0.2) is 46.3 Å². The smallest absolute Gasteiger partial charge is 0.368 e. The Morgan fingerprint density at radius 1 is 1.16 bits per heavy atom. The molecule has 0 radical (unpaired) electrons. The highest BCUT2D eigenvalue weighted by Crippen LogP contribution is 2.43. The number of aryl methyl sites for hydroxylation is 2. The van der Waals surface area contributed by atoms with Crippen LogP contribution in [0.3, 0.4) is 0 Å². The summed E-state index contributed by atoms with van der Waals surface area (Å²) in [5.41, 5.74) is 5.78. The fourth-order valence-electron chi connectivity index (χ4n) is 4.13. The SMILES string of the molecule is CON=C(c1ccc(OCc2c(C3CC3)cccc2-n2nnn(C)c2=O)c(C)c1)C1CC1. The molecule has 0 atom stereocenters. The first kappa shape index (κ1) is 20.5. The molecule has 0 bridgehead atoms. The van der Waals surface area contributed by atoms with Gasteiger partial charge in [0, 0.05) is 24.1 Å². The molecular formula is C24H27N5O3. The fourth-order valence-corrected chi connectivity index (χ4v) is 4.13. The average molecular weight is 434 g/mol. The molecule has 0 spiro atoms. The van der Waals surface area contributed by atoms with Gasteiger partial charge in [0.25, 0.3) is 0 Å². The first-order valence-corrected chi connectivity index (χ1v) is 11.0. The summed E-state index contributed by atoms with van der Waals surface area (Å²) in [5.74, 6) is 1.81. The topological polar surface area (TPSA) is 83.5 Å². The van der Waals surface area contributed by atoms with E-state index in [1.165, 1.54) is 14.9 Å².